The van der Waals surface area contributed by atoms with Gasteiger partial charge in [0.05, 0.1) is 4.92 Å². The Morgan fingerprint density at radius 2 is 1.90 bits per heavy atom. The number of carbonyl (C=O) groups excluding carboxylic acids is 1. The molecule has 0 aliphatic heterocycles. The first-order valence-electron chi connectivity index (χ1n) is 6.75. The van der Waals surface area contributed by atoms with Crippen LogP contribution in [0.4, 0.5) is 5.69 Å². The summed E-state index contributed by atoms with van der Waals surface area (Å²) in [5, 5.41) is 14.5. The van der Waals surface area contributed by atoms with Crippen LogP contribution in [0.25, 0.3) is 0 Å². The van der Waals surface area contributed by atoms with Gasteiger partial charge in [-0.2, -0.15) is 5.10 Å². The Balaban J connectivity index is 1.87. The second kappa shape index (κ2) is 6.79. The summed E-state index contributed by atoms with van der Waals surface area (Å²) >= 11 is 0. The van der Waals surface area contributed by atoms with Gasteiger partial charge in [-0.25, -0.2) is 5.43 Å². The molecule has 1 N–H and O–H groups in total. The number of benzene rings is 1. The Labute approximate surface area is 117 Å². The van der Waals surface area contributed by atoms with E-state index in [0.717, 1.165) is 12.8 Å². The van der Waals surface area contributed by atoms with E-state index in [1.54, 1.807) is 6.21 Å². The molecule has 0 unspecified atom stereocenters. The van der Waals surface area contributed by atoms with Crippen molar-refractivity contribution in [2.24, 2.45) is 11.0 Å². The number of amides is 1. The van der Waals surface area contributed by atoms with Crippen molar-refractivity contribution in [2.75, 3.05) is 0 Å². The normalized spacial score (nSPS) is 16.2. The lowest BCUT2D eigenvalue weighted by molar-refractivity contribution is -0.384. The van der Waals surface area contributed by atoms with Crippen molar-refractivity contribution in [1.82, 2.24) is 5.43 Å². The molecule has 0 radical (unpaired) electrons. The maximum Gasteiger partial charge on any atom is 0.271 e. The predicted molar refractivity (Wildman–Crippen MR) is 75.6 cm³/mol. The van der Waals surface area contributed by atoms with Gasteiger partial charge in [0, 0.05) is 23.9 Å². The van der Waals surface area contributed by atoms with Crippen molar-refractivity contribution >= 4 is 17.8 Å². The minimum Gasteiger partial charge on any atom is -0.267 e. The second-order valence-corrected chi connectivity index (χ2v) is 4.92. The smallest absolute Gasteiger partial charge is 0.267 e. The molecular formula is C14H17N3O3. The summed E-state index contributed by atoms with van der Waals surface area (Å²) in [4.78, 5) is 21.8. The van der Waals surface area contributed by atoms with Crippen molar-refractivity contribution in [1.29, 1.82) is 0 Å². The van der Waals surface area contributed by atoms with E-state index in [1.807, 2.05) is 0 Å². The highest BCUT2D eigenvalue weighted by molar-refractivity contribution is 5.94. The van der Waals surface area contributed by atoms with E-state index in [1.165, 1.54) is 43.5 Å². The number of hydrazone groups is 1. The Bertz CT molecular complexity index is 505. The van der Waals surface area contributed by atoms with E-state index in [9.17, 15) is 14.9 Å². The van der Waals surface area contributed by atoms with E-state index >= 15 is 0 Å². The molecule has 1 saturated carbocycles. The van der Waals surface area contributed by atoms with Gasteiger partial charge >= 0.3 is 0 Å². The maximum atomic E-state index is 11.8. The first-order chi connectivity index (χ1) is 9.66. The highest BCUT2D eigenvalue weighted by Crippen LogP contribution is 2.21. The summed E-state index contributed by atoms with van der Waals surface area (Å²) in [6, 6.07) is 5.45. The zero-order chi connectivity index (χ0) is 14.4. The second-order valence-electron chi connectivity index (χ2n) is 4.92. The van der Waals surface area contributed by atoms with Gasteiger partial charge in [0.15, 0.2) is 0 Å². The third-order valence-electron chi connectivity index (χ3n) is 3.44. The Kier molecular flexibility index (Phi) is 4.81. The molecule has 0 aromatic heterocycles. The zero-order valence-electron chi connectivity index (χ0n) is 11.1. The molecule has 20 heavy (non-hydrogen) atoms. The molecule has 6 nitrogen and oxygen atoms in total. The van der Waals surface area contributed by atoms with Gasteiger partial charge in [0.1, 0.15) is 0 Å². The fraction of sp³-hybridized carbons (Fsp3) is 0.429. The third-order valence-corrected chi connectivity index (χ3v) is 3.44. The van der Waals surface area contributed by atoms with Crippen molar-refractivity contribution < 1.29 is 9.72 Å². The molecular weight excluding hydrogens is 258 g/mol. The van der Waals surface area contributed by atoms with Gasteiger partial charge in [-0.15, -0.1) is 0 Å². The molecule has 1 aliphatic rings. The Morgan fingerprint density at radius 3 is 2.50 bits per heavy atom. The Morgan fingerprint density at radius 1 is 1.25 bits per heavy atom. The summed E-state index contributed by atoms with van der Waals surface area (Å²) in [5.41, 5.74) is 2.78. The first-order valence-corrected chi connectivity index (χ1v) is 6.75. The zero-order valence-corrected chi connectivity index (χ0v) is 11.1. The summed E-state index contributed by atoms with van der Waals surface area (Å²) in [7, 11) is 0. The number of nitro groups is 1. The van der Waals surface area contributed by atoms with Crippen LogP contribution >= 0.6 is 0 Å². The molecule has 2 rings (SSSR count). The van der Waals surface area contributed by atoms with Gasteiger partial charge in [-0.05, 0) is 30.9 Å². The average molecular weight is 275 g/mol. The fourth-order valence-electron chi connectivity index (χ4n) is 2.28. The van der Waals surface area contributed by atoms with Gasteiger partial charge in [0.25, 0.3) is 11.6 Å². The van der Waals surface area contributed by atoms with Crippen LogP contribution in [0.2, 0.25) is 0 Å². The van der Waals surface area contributed by atoms with Gasteiger partial charge in [-0.3, -0.25) is 14.9 Å². The molecule has 106 valence electrons. The Hall–Kier alpha value is -2.24. The van der Waals surface area contributed by atoms with Crippen LogP contribution in [0, 0.1) is 16.0 Å². The molecule has 0 atom stereocenters. The summed E-state index contributed by atoms with van der Waals surface area (Å²) in [6.45, 7) is 0. The average Bonchev–Trinajstić information content (AvgIpc) is 2.48. The lowest BCUT2D eigenvalue weighted by atomic mass is 9.90. The molecule has 6 heteroatoms. The summed E-state index contributed by atoms with van der Waals surface area (Å²) in [5.74, 6) is 0.0906. The molecule has 0 heterocycles. The minimum atomic E-state index is -0.497. The molecule has 0 saturated heterocycles. The lowest BCUT2D eigenvalue weighted by Gasteiger charge is -2.16. The van der Waals surface area contributed by atoms with Crippen LogP contribution in [-0.4, -0.2) is 17.0 Å². The SMILES string of the molecule is O=C(N/N=C\C1CCCCC1)c1ccc([N+](=O)[O-])cc1. The van der Waals surface area contributed by atoms with Crippen LogP contribution in [0.15, 0.2) is 29.4 Å². The third kappa shape index (κ3) is 3.88. The summed E-state index contributed by atoms with van der Waals surface area (Å²) < 4.78 is 0. The molecule has 0 bridgehead atoms. The van der Waals surface area contributed by atoms with Crippen LogP contribution in [-0.2, 0) is 0 Å². The van der Waals surface area contributed by atoms with Crippen LogP contribution < -0.4 is 5.43 Å². The topological polar surface area (TPSA) is 84.6 Å². The largest absolute Gasteiger partial charge is 0.271 e. The number of non-ortho nitro benzene ring substituents is 1. The van der Waals surface area contributed by atoms with E-state index < -0.39 is 4.92 Å². The van der Waals surface area contributed by atoms with Gasteiger partial charge in [-0.1, -0.05) is 19.3 Å². The molecule has 1 amide bonds. The minimum absolute atomic E-state index is 0.0349. The van der Waals surface area contributed by atoms with E-state index in [0.29, 0.717) is 11.5 Å². The standard InChI is InChI=1S/C14H17N3O3/c18-14(12-6-8-13(9-7-12)17(19)20)16-15-10-11-4-2-1-3-5-11/h6-11H,1-5H2,(H,16,18)/b15-10-. The monoisotopic (exact) mass is 275 g/mol. The quantitative estimate of drug-likeness (QED) is 0.521. The van der Waals surface area contributed by atoms with Crippen molar-refractivity contribution in [3.63, 3.8) is 0 Å². The van der Waals surface area contributed by atoms with Crippen LogP contribution in [0.1, 0.15) is 42.5 Å². The molecule has 1 aromatic carbocycles. The van der Waals surface area contributed by atoms with Crippen molar-refractivity contribution in [3.05, 3.63) is 39.9 Å². The van der Waals surface area contributed by atoms with Crippen molar-refractivity contribution in [3.8, 4) is 0 Å². The van der Waals surface area contributed by atoms with Crippen LogP contribution in [0.5, 0.6) is 0 Å². The number of nitro benzene ring substituents is 1. The number of nitrogens with one attached hydrogen (secondary N) is 1. The molecule has 1 fully saturated rings. The fourth-order valence-corrected chi connectivity index (χ4v) is 2.28. The summed E-state index contributed by atoms with van der Waals surface area (Å²) in [6.07, 6.45) is 7.75. The van der Waals surface area contributed by atoms with E-state index in [4.69, 9.17) is 0 Å². The lowest BCUT2D eigenvalue weighted by Crippen LogP contribution is -2.19. The predicted octanol–water partition coefficient (Wildman–Crippen LogP) is 2.89. The molecule has 0 spiro atoms. The first kappa shape index (κ1) is 14.2. The van der Waals surface area contributed by atoms with Crippen molar-refractivity contribution in [2.45, 2.75) is 32.1 Å². The van der Waals surface area contributed by atoms with E-state index in [-0.39, 0.29) is 11.6 Å². The van der Waals surface area contributed by atoms with Gasteiger partial charge in [0.2, 0.25) is 0 Å². The van der Waals surface area contributed by atoms with Crippen LogP contribution in [0.3, 0.4) is 0 Å². The number of carbonyl (C=O) groups is 1. The van der Waals surface area contributed by atoms with E-state index in [2.05, 4.69) is 10.5 Å². The number of nitrogens with zero attached hydrogens (tertiary/aromatic N) is 2. The number of rotatable bonds is 4. The highest BCUT2D eigenvalue weighted by atomic mass is 16.6. The number of hydrogen-bond donors (Lipinski definition) is 1. The van der Waals surface area contributed by atoms with Gasteiger partial charge < -0.3 is 0 Å². The number of hydrogen-bond acceptors (Lipinski definition) is 4. The maximum absolute atomic E-state index is 11.8. The highest BCUT2D eigenvalue weighted by Gasteiger charge is 2.11. The molecule has 1 aromatic rings. The molecule has 1 aliphatic carbocycles.